The van der Waals surface area contributed by atoms with Crippen molar-refractivity contribution in [2.24, 2.45) is 5.92 Å². The minimum Gasteiger partial charge on any atom is -0.481 e. The Bertz CT molecular complexity index is 486. The number of nitrogens with one attached hydrogen (secondary N) is 1. The molecule has 1 aromatic rings. The highest BCUT2D eigenvalue weighted by Gasteiger charge is 2.30. The van der Waals surface area contributed by atoms with Crippen LogP contribution < -0.4 is 5.32 Å². The summed E-state index contributed by atoms with van der Waals surface area (Å²) in [6.07, 6.45) is 0.507. The molecular weight excluding hydrogens is 246 g/mol. The predicted octanol–water partition coefficient (Wildman–Crippen LogP) is 1.68. The number of aliphatic carboxylic acids is 1. The number of hydrogen-bond donors (Lipinski definition) is 2. The molecule has 0 radical (unpaired) electrons. The third-order valence-corrected chi connectivity index (χ3v) is 3.33. The number of benzene rings is 1. The summed E-state index contributed by atoms with van der Waals surface area (Å²) >= 11 is 0. The first-order chi connectivity index (χ1) is 9.08. The van der Waals surface area contributed by atoms with Crippen LogP contribution in [0.15, 0.2) is 24.3 Å². The van der Waals surface area contributed by atoms with Crippen LogP contribution in [0.4, 0.5) is 5.69 Å². The van der Waals surface area contributed by atoms with Crippen LogP contribution in [0, 0.1) is 5.92 Å². The summed E-state index contributed by atoms with van der Waals surface area (Å²) in [6.45, 7) is 2.47. The van der Waals surface area contributed by atoms with Gasteiger partial charge >= 0.3 is 5.97 Å². The minimum absolute atomic E-state index is 0.0911. The topological polar surface area (TPSA) is 75.6 Å². The fourth-order valence-electron chi connectivity index (χ4n) is 2.26. The molecule has 2 atom stereocenters. The highest BCUT2D eigenvalue weighted by atomic mass is 16.5. The smallest absolute Gasteiger partial charge is 0.307 e. The maximum atomic E-state index is 12.1. The predicted molar refractivity (Wildman–Crippen MR) is 69.9 cm³/mol. The number of carboxylic acids is 1. The van der Waals surface area contributed by atoms with Crippen molar-refractivity contribution < 1.29 is 19.4 Å². The first kappa shape index (κ1) is 13.5. The largest absolute Gasteiger partial charge is 0.481 e. The van der Waals surface area contributed by atoms with Gasteiger partial charge in [0.15, 0.2) is 0 Å². The van der Waals surface area contributed by atoms with Crippen molar-refractivity contribution in [2.75, 3.05) is 11.9 Å². The zero-order chi connectivity index (χ0) is 13.8. The van der Waals surface area contributed by atoms with E-state index in [-0.39, 0.29) is 24.3 Å². The van der Waals surface area contributed by atoms with Crippen molar-refractivity contribution in [1.82, 2.24) is 0 Å². The maximum absolute atomic E-state index is 12.1. The Labute approximate surface area is 111 Å². The van der Waals surface area contributed by atoms with Crippen LogP contribution in [0.25, 0.3) is 0 Å². The molecule has 1 aliphatic rings. The third-order valence-electron chi connectivity index (χ3n) is 3.33. The maximum Gasteiger partial charge on any atom is 0.307 e. The molecule has 102 valence electrons. The average molecular weight is 263 g/mol. The van der Waals surface area contributed by atoms with Crippen LogP contribution in [0.5, 0.6) is 0 Å². The van der Waals surface area contributed by atoms with Gasteiger partial charge < -0.3 is 15.2 Å². The lowest BCUT2D eigenvalue weighted by Crippen LogP contribution is -2.28. The molecule has 19 heavy (non-hydrogen) atoms. The normalized spacial score (nSPS) is 22.2. The second kappa shape index (κ2) is 5.84. The molecule has 2 rings (SSSR count). The van der Waals surface area contributed by atoms with Gasteiger partial charge in [0.25, 0.3) is 0 Å². The molecule has 0 spiro atoms. The summed E-state index contributed by atoms with van der Waals surface area (Å²) in [5.74, 6) is -1.19. The van der Waals surface area contributed by atoms with Crippen LogP contribution in [-0.4, -0.2) is 29.7 Å². The summed E-state index contributed by atoms with van der Waals surface area (Å²) in [7, 11) is 0. The van der Waals surface area contributed by atoms with Crippen molar-refractivity contribution in [2.45, 2.75) is 25.9 Å². The number of anilines is 1. The number of hydrogen-bond acceptors (Lipinski definition) is 3. The zero-order valence-corrected chi connectivity index (χ0v) is 10.8. The van der Waals surface area contributed by atoms with Crippen molar-refractivity contribution in [3.63, 3.8) is 0 Å². The molecule has 1 amide bonds. The van der Waals surface area contributed by atoms with Crippen molar-refractivity contribution in [3.05, 3.63) is 29.8 Å². The standard InChI is InChI=1S/C14H17NO4/c1-9-11(6-7-19-9)14(18)15-12-5-3-2-4-10(12)8-13(16)17/h2-5,9,11H,6-8H2,1H3,(H,15,18)(H,16,17). The van der Waals surface area contributed by atoms with Gasteiger partial charge in [0.2, 0.25) is 5.91 Å². The van der Waals surface area contributed by atoms with E-state index in [9.17, 15) is 9.59 Å². The molecule has 0 aliphatic carbocycles. The number of carboxylic acid groups (broad SMARTS) is 1. The first-order valence-corrected chi connectivity index (χ1v) is 6.30. The van der Waals surface area contributed by atoms with E-state index in [0.29, 0.717) is 24.3 Å². The molecule has 0 aromatic heterocycles. The molecule has 2 unspecified atom stereocenters. The van der Waals surface area contributed by atoms with Crippen LogP contribution in [0.1, 0.15) is 18.9 Å². The molecule has 2 N–H and O–H groups in total. The van der Waals surface area contributed by atoms with E-state index >= 15 is 0 Å². The second-order valence-corrected chi connectivity index (χ2v) is 4.69. The van der Waals surface area contributed by atoms with Crippen LogP contribution in [0.2, 0.25) is 0 Å². The Morgan fingerprint density at radius 2 is 2.16 bits per heavy atom. The number of carbonyl (C=O) groups excluding carboxylic acids is 1. The molecule has 1 aliphatic heterocycles. The number of rotatable bonds is 4. The monoisotopic (exact) mass is 263 g/mol. The lowest BCUT2D eigenvalue weighted by molar-refractivity contribution is -0.136. The molecule has 5 heteroatoms. The number of para-hydroxylation sites is 1. The Morgan fingerprint density at radius 3 is 2.79 bits per heavy atom. The number of amides is 1. The van der Waals surface area contributed by atoms with Crippen molar-refractivity contribution >= 4 is 17.6 Å². The Hall–Kier alpha value is -1.88. The van der Waals surface area contributed by atoms with E-state index in [4.69, 9.17) is 9.84 Å². The van der Waals surface area contributed by atoms with Gasteiger partial charge in [0, 0.05) is 12.3 Å². The Kier molecular flexibility index (Phi) is 4.16. The molecule has 0 saturated carbocycles. The number of carbonyl (C=O) groups is 2. The molecule has 1 aromatic carbocycles. The summed E-state index contributed by atoms with van der Waals surface area (Å²) in [6, 6.07) is 6.96. The van der Waals surface area contributed by atoms with Gasteiger partial charge in [-0.05, 0) is 25.0 Å². The van der Waals surface area contributed by atoms with Gasteiger partial charge in [0.1, 0.15) is 0 Å². The molecule has 5 nitrogen and oxygen atoms in total. The fourth-order valence-corrected chi connectivity index (χ4v) is 2.26. The summed E-state index contributed by atoms with van der Waals surface area (Å²) in [5.41, 5.74) is 1.17. The zero-order valence-electron chi connectivity index (χ0n) is 10.8. The fraction of sp³-hybridized carbons (Fsp3) is 0.429. The number of ether oxygens (including phenoxy) is 1. The van der Waals surface area contributed by atoms with E-state index < -0.39 is 5.97 Å². The van der Waals surface area contributed by atoms with E-state index in [1.54, 1.807) is 24.3 Å². The average Bonchev–Trinajstić information content (AvgIpc) is 2.77. The van der Waals surface area contributed by atoms with E-state index in [0.717, 1.165) is 0 Å². The summed E-state index contributed by atoms with van der Waals surface area (Å²) < 4.78 is 5.36. The summed E-state index contributed by atoms with van der Waals surface area (Å²) in [5, 5.41) is 11.7. The van der Waals surface area contributed by atoms with Gasteiger partial charge in [0.05, 0.1) is 18.4 Å². The second-order valence-electron chi connectivity index (χ2n) is 4.69. The molecule has 0 bridgehead atoms. The highest BCUT2D eigenvalue weighted by molar-refractivity contribution is 5.94. The van der Waals surface area contributed by atoms with E-state index in [1.165, 1.54) is 0 Å². The summed E-state index contributed by atoms with van der Waals surface area (Å²) in [4.78, 5) is 22.9. The van der Waals surface area contributed by atoms with E-state index in [2.05, 4.69) is 5.32 Å². The van der Waals surface area contributed by atoms with Crippen LogP contribution in [-0.2, 0) is 20.7 Å². The van der Waals surface area contributed by atoms with Gasteiger partial charge in [-0.3, -0.25) is 9.59 Å². The minimum atomic E-state index is -0.917. The van der Waals surface area contributed by atoms with Crippen LogP contribution >= 0.6 is 0 Å². The lowest BCUT2D eigenvalue weighted by atomic mass is 10.0. The SMILES string of the molecule is CC1OCCC1C(=O)Nc1ccccc1CC(=O)O. The Balaban J connectivity index is 2.10. The molecule has 1 saturated heterocycles. The van der Waals surface area contributed by atoms with Gasteiger partial charge in [-0.25, -0.2) is 0 Å². The Morgan fingerprint density at radius 1 is 1.42 bits per heavy atom. The lowest BCUT2D eigenvalue weighted by Gasteiger charge is -2.15. The first-order valence-electron chi connectivity index (χ1n) is 6.30. The van der Waals surface area contributed by atoms with Crippen molar-refractivity contribution in [3.8, 4) is 0 Å². The van der Waals surface area contributed by atoms with Gasteiger partial charge in [-0.15, -0.1) is 0 Å². The van der Waals surface area contributed by atoms with Crippen LogP contribution in [0.3, 0.4) is 0 Å². The van der Waals surface area contributed by atoms with E-state index in [1.807, 2.05) is 6.92 Å². The third kappa shape index (κ3) is 3.32. The molecular formula is C14H17NO4. The van der Waals surface area contributed by atoms with Crippen molar-refractivity contribution in [1.29, 1.82) is 0 Å². The van der Waals surface area contributed by atoms with Gasteiger partial charge in [-0.2, -0.15) is 0 Å². The highest BCUT2D eigenvalue weighted by Crippen LogP contribution is 2.23. The van der Waals surface area contributed by atoms with Gasteiger partial charge in [-0.1, -0.05) is 18.2 Å². The molecule has 1 fully saturated rings. The quantitative estimate of drug-likeness (QED) is 0.866. The molecule has 1 heterocycles.